The Hall–Kier alpha value is -1.95. The number of aliphatic imine (C=N–C) groups is 1. The fourth-order valence-electron chi connectivity index (χ4n) is 3.33. The average molecular weight is 361 g/mol. The van der Waals surface area contributed by atoms with Crippen LogP contribution >= 0.6 is 0 Å². The van der Waals surface area contributed by atoms with Crippen LogP contribution in [0.25, 0.3) is 0 Å². The van der Waals surface area contributed by atoms with E-state index in [-0.39, 0.29) is 0 Å². The van der Waals surface area contributed by atoms with E-state index in [4.69, 9.17) is 14.5 Å². The molecule has 2 aliphatic heterocycles. The van der Waals surface area contributed by atoms with E-state index in [9.17, 15) is 0 Å². The molecule has 6 heteroatoms. The lowest BCUT2D eigenvalue weighted by molar-refractivity contribution is 0.232. The van der Waals surface area contributed by atoms with E-state index in [2.05, 4.69) is 28.5 Å². The van der Waals surface area contributed by atoms with E-state index < -0.39 is 0 Å². The molecule has 0 saturated carbocycles. The smallest absolute Gasteiger partial charge is 0.191 e. The number of nitrogens with zero attached hydrogens (tertiary/aromatic N) is 2. The van der Waals surface area contributed by atoms with Gasteiger partial charge in [-0.3, -0.25) is 0 Å². The van der Waals surface area contributed by atoms with Gasteiger partial charge in [0.25, 0.3) is 0 Å². The van der Waals surface area contributed by atoms with Crippen molar-refractivity contribution in [3.05, 3.63) is 23.8 Å². The van der Waals surface area contributed by atoms with Gasteiger partial charge in [-0.15, -0.1) is 0 Å². The fraction of sp³-hybridized carbons (Fsp3) is 0.650. The van der Waals surface area contributed by atoms with Crippen molar-refractivity contribution in [1.29, 1.82) is 0 Å². The van der Waals surface area contributed by atoms with Crippen LogP contribution in [0.2, 0.25) is 0 Å². The van der Waals surface area contributed by atoms with Crippen molar-refractivity contribution in [2.75, 3.05) is 45.9 Å². The zero-order valence-electron chi connectivity index (χ0n) is 15.9. The van der Waals surface area contributed by atoms with Gasteiger partial charge in [0.05, 0.1) is 19.8 Å². The molecular weight excluding hydrogens is 328 g/mol. The van der Waals surface area contributed by atoms with Gasteiger partial charge in [0.1, 0.15) is 0 Å². The zero-order valence-corrected chi connectivity index (χ0v) is 15.9. The summed E-state index contributed by atoms with van der Waals surface area (Å²) in [7, 11) is 0. The van der Waals surface area contributed by atoms with Crippen molar-refractivity contribution in [1.82, 2.24) is 15.5 Å². The number of nitrogens with one attached hydrogen (secondary N) is 2. The first kappa shape index (κ1) is 18.8. The Morgan fingerprint density at radius 1 is 1.04 bits per heavy atom. The minimum atomic E-state index is 0.621. The molecular formula is C20H32N4O2. The van der Waals surface area contributed by atoms with Crippen LogP contribution in [0.4, 0.5) is 0 Å². The van der Waals surface area contributed by atoms with Crippen LogP contribution in [-0.4, -0.2) is 56.8 Å². The third-order valence-corrected chi connectivity index (χ3v) is 4.75. The lowest BCUT2D eigenvalue weighted by Gasteiger charge is -2.26. The lowest BCUT2D eigenvalue weighted by atomic mass is 10.1. The normalized spacial score (nSPS) is 18.3. The number of piperidine rings is 1. The summed E-state index contributed by atoms with van der Waals surface area (Å²) in [6.07, 6.45) is 4.97. The summed E-state index contributed by atoms with van der Waals surface area (Å²) in [6, 6.07) is 6.10. The van der Waals surface area contributed by atoms with Crippen molar-refractivity contribution in [2.24, 2.45) is 4.99 Å². The molecule has 0 aromatic heterocycles. The van der Waals surface area contributed by atoms with Crippen molar-refractivity contribution in [2.45, 2.75) is 39.2 Å². The molecule has 0 unspecified atom stereocenters. The second-order valence-electron chi connectivity index (χ2n) is 6.86. The number of ether oxygens (including phenoxy) is 2. The Balaban J connectivity index is 1.52. The summed E-state index contributed by atoms with van der Waals surface area (Å²) in [5, 5.41) is 6.78. The average Bonchev–Trinajstić information content (AvgIpc) is 2.92. The quantitative estimate of drug-likeness (QED) is 0.603. The minimum absolute atomic E-state index is 0.621. The second kappa shape index (κ2) is 10.3. The Morgan fingerprint density at radius 3 is 2.65 bits per heavy atom. The molecule has 0 atom stereocenters. The van der Waals surface area contributed by atoms with Gasteiger partial charge in [-0.1, -0.05) is 12.5 Å². The highest BCUT2D eigenvalue weighted by Crippen LogP contribution is 2.30. The summed E-state index contributed by atoms with van der Waals surface area (Å²) < 4.78 is 11.5. The van der Waals surface area contributed by atoms with Gasteiger partial charge in [-0.25, -0.2) is 4.99 Å². The van der Waals surface area contributed by atoms with Crippen LogP contribution in [0.3, 0.4) is 0 Å². The van der Waals surface area contributed by atoms with Gasteiger partial charge in [0.2, 0.25) is 0 Å². The van der Waals surface area contributed by atoms with Gasteiger partial charge in [-0.05, 0) is 50.6 Å². The van der Waals surface area contributed by atoms with Crippen LogP contribution in [-0.2, 0) is 6.54 Å². The van der Waals surface area contributed by atoms with Gasteiger partial charge < -0.3 is 25.0 Å². The molecule has 1 fully saturated rings. The molecule has 1 saturated heterocycles. The second-order valence-corrected chi connectivity index (χ2v) is 6.86. The van der Waals surface area contributed by atoms with E-state index in [0.717, 1.165) is 55.7 Å². The summed E-state index contributed by atoms with van der Waals surface area (Å²) in [4.78, 5) is 7.25. The molecule has 6 nitrogen and oxygen atoms in total. The monoisotopic (exact) mass is 360 g/mol. The first-order valence-corrected chi connectivity index (χ1v) is 9.98. The Morgan fingerprint density at radius 2 is 1.85 bits per heavy atom. The van der Waals surface area contributed by atoms with E-state index in [0.29, 0.717) is 13.2 Å². The summed E-state index contributed by atoms with van der Waals surface area (Å²) >= 11 is 0. The van der Waals surface area contributed by atoms with Crippen molar-refractivity contribution in [3.8, 4) is 11.5 Å². The molecule has 2 heterocycles. The van der Waals surface area contributed by atoms with Crippen LogP contribution in [0.15, 0.2) is 23.2 Å². The first-order chi connectivity index (χ1) is 12.8. The summed E-state index contributed by atoms with van der Waals surface area (Å²) in [6.45, 7) is 9.46. The fourth-order valence-corrected chi connectivity index (χ4v) is 3.33. The Kier molecular flexibility index (Phi) is 7.43. The van der Waals surface area contributed by atoms with E-state index >= 15 is 0 Å². The zero-order chi connectivity index (χ0) is 18.0. The van der Waals surface area contributed by atoms with Crippen LogP contribution < -0.4 is 20.1 Å². The Bertz CT molecular complexity index is 585. The molecule has 0 spiro atoms. The number of fused-ring (bicyclic) bond motifs is 1. The predicted octanol–water partition coefficient (Wildman–Crippen LogP) is 2.39. The minimum Gasteiger partial charge on any atom is -0.490 e. The third-order valence-electron chi connectivity index (χ3n) is 4.75. The molecule has 1 aromatic carbocycles. The topological polar surface area (TPSA) is 58.1 Å². The van der Waals surface area contributed by atoms with Crippen molar-refractivity contribution in [3.63, 3.8) is 0 Å². The molecule has 2 N–H and O–H groups in total. The van der Waals surface area contributed by atoms with Gasteiger partial charge >= 0.3 is 0 Å². The summed E-state index contributed by atoms with van der Waals surface area (Å²) in [5.41, 5.74) is 1.13. The highest BCUT2D eigenvalue weighted by molar-refractivity contribution is 5.79. The molecule has 0 aliphatic carbocycles. The van der Waals surface area contributed by atoms with E-state index in [1.165, 1.54) is 32.4 Å². The SMILES string of the molecule is CCNC(=NCc1ccc2c(c1)OCCCO2)NCCN1CCCCC1. The molecule has 3 rings (SSSR count). The van der Waals surface area contributed by atoms with E-state index in [1.807, 2.05) is 12.1 Å². The van der Waals surface area contributed by atoms with Crippen LogP contribution in [0.5, 0.6) is 11.5 Å². The number of guanidine groups is 1. The molecule has 144 valence electrons. The maximum Gasteiger partial charge on any atom is 0.191 e. The highest BCUT2D eigenvalue weighted by Gasteiger charge is 2.11. The first-order valence-electron chi connectivity index (χ1n) is 9.98. The summed E-state index contributed by atoms with van der Waals surface area (Å²) in [5.74, 6) is 2.54. The molecule has 2 aliphatic rings. The van der Waals surface area contributed by atoms with Crippen molar-refractivity contribution >= 4 is 5.96 Å². The Labute approximate surface area is 157 Å². The van der Waals surface area contributed by atoms with Gasteiger partial charge in [0.15, 0.2) is 17.5 Å². The standard InChI is InChI=1S/C20H32N4O2/c1-2-21-20(22-9-12-24-10-4-3-5-11-24)23-16-17-7-8-18-19(15-17)26-14-6-13-25-18/h7-8,15H,2-6,9-14,16H2,1H3,(H2,21,22,23). The lowest BCUT2D eigenvalue weighted by Crippen LogP contribution is -2.42. The largest absolute Gasteiger partial charge is 0.490 e. The number of likely N-dealkylation sites (tertiary alicyclic amines) is 1. The third kappa shape index (κ3) is 5.80. The molecule has 1 aromatic rings. The van der Waals surface area contributed by atoms with Crippen LogP contribution in [0.1, 0.15) is 38.2 Å². The molecule has 0 amide bonds. The maximum absolute atomic E-state index is 5.77. The predicted molar refractivity (Wildman–Crippen MR) is 105 cm³/mol. The number of rotatable bonds is 6. The van der Waals surface area contributed by atoms with Gasteiger partial charge in [0, 0.05) is 26.1 Å². The van der Waals surface area contributed by atoms with Crippen LogP contribution in [0, 0.1) is 0 Å². The van der Waals surface area contributed by atoms with E-state index in [1.54, 1.807) is 0 Å². The molecule has 26 heavy (non-hydrogen) atoms. The maximum atomic E-state index is 5.77. The highest BCUT2D eigenvalue weighted by atomic mass is 16.5. The van der Waals surface area contributed by atoms with Gasteiger partial charge in [-0.2, -0.15) is 0 Å². The number of hydrogen-bond donors (Lipinski definition) is 2. The van der Waals surface area contributed by atoms with Crippen molar-refractivity contribution < 1.29 is 9.47 Å². The molecule has 0 radical (unpaired) electrons. The molecule has 0 bridgehead atoms. The number of hydrogen-bond acceptors (Lipinski definition) is 4. The number of benzene rings is 1.